The molecule has 2 N–H and O–H groups in total. The summed E-state index contributed by atoms with van der Waals surface area (Å²) in [5.74, 6) is 2.25. The fraction of sp³-hybridized carbons (Fsp3) is 0.625. The van der Waals surface area contributed by atoms with E-state index >= 15 is 0 Å². The van der Waals surface area contributed by atoms with Crippen LogP contribution in [0.15, 0.2) is 27.8 Å². The van der Waals surface area contributed by atoms with Crippen LogP contribution in [0.25, 0.3) is 0 Å². The smallest absolute Gasteiger partial charge is 0.242 e. The molecule has 1 aromatic heterocycles. The summed E-state index contributed by atoms with van der Waals surface area (Å²) in [5.41, 5.74) is 0. The van der Waals surface area contributed by atoms with Gasteiger partial charge in [-0.25, -0.2) is 4.99 Å². The Hall–Kier alpha value is -1.25. The third-order valence-corrected chi connectivity index (χ3v) is 3.83. The molecule has 0 radical (unpaired) electrons. The molecule has 1 aromatic rings. The van der Waals surface area contributed by atoms with Crippen molar-refractivity contribution in [1.82, 2.24) is 15.5 Å². The number of furan rings is 1. The first kappa shape index (κ1) is 19.8. The molecule has 2 rings (SSSR count). The molecule has 0 unspecified atom stereocenters. The van der Waals surface area contributed by atoms with Crippen LogP contribution in [0.2, 0.25) is 0 Å². The van der Waals surface area contributed by atoms with Crippen LogP contribution >= 0.6 is 24.0 Å². The van der Waals surface area contributed by atoms with E-state index in [1.807, 2.05) is 13.0 Å². The second-order valence-electron chi connectivity index (χ2n) is 5.70. The Morgan fingerprint density at radius 1 is 1.39 bits per heavy atom. The predicted octanol–water partition coefficient (Wildman–Crippen LogP) is 2.21. The van der Waals surface area contributed by atoms with Gasteiger partial charge in [0.25, 0.3) is 0 Å². The molecule has 1 aliphatic heterocycles. The van der Waals surface area contributed by atoms with Gasteiger partial charge in [0.15, 0.2) is 5.96 Å². The molecular weight excluding hydrogens is 407 g/mol. The van der Waals surface area contributed by atoms with E-state index in [0.717, 1.165) is 37.3 Å². The van der Waals surface area contributed by atoms with Gasteiger partial charge < -0.3 is 20.0 Å². The molecular formula is C16H27IN4O2. The van der Waals surface area contributed by atoms with Crippen molar-refractivity contribution in [3.63, 3.8) is 0 Å². The van der Waals surface area contributed by atoms with Gasteiger partial charge in [0.1, 0.15) is 12.3 Å². The van der Waals surface area contributed by atoms with E-state index in [0.29, 0.717) is 6.54 Å². The number of guanidine groups is 1. The maximum Gasteiger partial charge on any atom is 0.242 e. The highest BCUT2D eigenvalue weighted by Gasteiger charge is 2.18. The number of halogens is 1. The summed E-state index contributed by atoms with van der Waals surface area (Å²) in [6.07, 6.45) is 3.95. The maximum atomic E-state index is 11.9. The van der Waals surface area contributed by atoms with Gasteiger partial charge in [0.2, 0.25) is 5.91 Å². The molecule has 0 spiro atoms. The van der Waals surface area contributed by atoms with Gasteiger partial charge in [-0.15, -0.1) is 24.0 Å². The van der Waals surface area contributed by atoms with Crippen molar-refractivity contribution < 1.29 is 9.21 Å². The standard InChI is InChI=1S/C16H26N4O2.HI/c1-3-17-16(20-8-6-13(2)7-9-20)19-12-15(21)18-11-14-5-4-10-22-14;/h4-5,10,13H,3,6-9,11-12H2,1-2H3,(H,17,19)(H,18,21);1H. The first-order valence-corrected chi connectivity index (χ1v) is 8.01. The van der Waals surface area contributed by atoms with Gasteiger partial charge in [0.05, 0.1) is 12.8 Å². The highest BCUT2D eigenvalue weighted by atomic mass is 127. The van der Waals surface area contributed by atoms with Crippen LogP contribution in [0, 0.1) is 5.92 Å². The lowest BCUT2D eigenvalue weighted by molar-refractivity contribution is -0.119. The fourth-order valence-electron chi connectivity index (χ4n) is 2.45. The van der Waals surface area contributed by atoms with Crippen molar-refractivity contribution in [2.45, 2.75) is 33.2 Å². The Balaban J connectivity index is 0.00000264. The largest absolute Gasteiger partial charge is 0.467 e. The molecule has 0 saturated carbocycles. The molecule has 1 fully saturated rings. The number of nitrogens with one attached hydrogen (secondary N) is 2. The molecule has 0 aliphatic carbocycles. The lowest BCUT2D eigenvalue weighted by Crippen LogP contribution is -2.45. The Kier molecular flexibility index (Phi) is 9.05. The molecule has 130 valence electrons. The number of hydrogen-bond donors (Lipinski definition) is 2. The van der Waals surface area contributed by atoms with Gasteiger partial charge in [-0.2, -0.15) is 0 Å². The Morgan fingerprint density at radius 2 is 2.13 bits per heavy atom. The van der Waals surface area contributed by atoms with E-state index in [1.165, 1.54) is 12.8 Å². The summed E-state index contributed by atoms with van der Waals surface area (Å²) in [5, 5.41) is 6.08. The SMILES string of the molecule is CCNC(=NCC(=O)NCc1ccco1)N1CCC(C)CC1.I. The molecule has 0 aromatic carbocycles. The van der Waals surface area contributed by atoms with Crippen molar-refractivity contribution in [1.29, 1.82) is 0 Å². The first-order valence-electron chi connectivity index (χ1n) is 8.01. The topological polar surface area (TPSA) is 69.9 Å². The van der Waals surface area contributed by atoms with Gasteiger partial charge in [-0.1, -0.05) is 6.92 Å². The number of rotatable bonds is 5. The molecule has 7 heteroatoms. The minimum absolute atomic E-state index is 0. The number of nitrogens with zero attached hydrogens (tertiary/aromatic N) is 2. The van der Waals surface area contributed by atoms with Crippen molar-refractivity contribution >= 4 is 35.8 Å². The summed E-state index contributed by atoms with van der Waals surface area (Å²) in [6.45, 7) is 7.66. The Morgan fingerprint density at radius 3 is 2.74 bits per heavy atom. The molecule has 6 nitrogen and oxygen atoms in total. The highest BCUT2D eigenvalue weighted by Crippen LogP contribution is 2.15. The summed E-state index contributed by atoms with van der Waals surface area (Å²) < 4.78 is 5.18. The normalized spacial score (nSPS) is 15.9. The van der Waals surface area contributed by atoms with Gasteiger partial charge >= 0.3 is 0 Å². The van der Waals surface area contributed by atoms with E-state index in [4.69, 9.17) is 4.42 Å². The summed E-state index contributed by atoms with van der Waals surface area (Å²) in [6, 6.07) is 3.64. The number of amides is 1. The van der Waals surface area contributed by atoms with E-state index in [1.54, 1.807) is 12.3 Å². The molecule has 1 aliphatic rings. The van der Waals surface area contributed by atoms with Crippen molar-refractivity contribution in [3.05, 3.63) is 24.2 Å². The van der Waals surface area contributed by atoms with Gasteiger partial charge in [0, 0.05) is 19.6 Å². The minimum Gasteiger partial charge on any atom is -0.467 e. The molecule has 1 saturated heterocycles. The second-order valence-corrected chi connectivity index (χ2v) is 5.70. The maximum absolute atomic E-state index is 11.9. The van der Waals surface area contributed by atoms with Gasteiger partial charge in [-0.05, 0) is 37.8 Å². The van der Waals surface area contributed by atoms with E-state index in [2.05, 4.69) is 27.4 Å². The lowest BCUT2D eigenvalue weighted by Gasteiger charge is -2.32. The lowest BCUT2D eigenvalue weighted by atomic mass is 10.00. The Bertz CT molecular complexity index is 482. The number of aliphatic imine (C=N–C) groups is 1. The third-order valence-electron chi connectivity index (χ3n) is 3.83. The third kappa shape index (κ3) is 6.80. The fourth-order valence-corrected chi connectivity index (χ4v) is 2.45. The van der Waals surface area contributed by atoms with Crippen molar-refractivity contribution in [2.24, 2.45) is 10.9 Å². The summed E-state index contributed by atoms with van der Waals surface area (Å²) in [7, 11) is 0. The minimum atomic E-state index is -0.0998. The molecule has 23 heavy (non-hydrogen) atoms. The van der Waals surface area contributed by atoms with E-state index in [9.17, 15) is 4.79 Å². The summed E-state index contributed by atoms with van der Waals surface area (Å²) >= 11 is 0. The van der Waals surface area contributed by atoms with E-state index < -0.39 is 0 Å². The van der Waals surface area contributed by atoms with Crippen LogP contribution in [0.4, 0.5) is 0 Å². The number of hydrogen-bond acceptors (Lipinski definition) is 3. The van der Waals surface area contributed by atoms with Crippen LogP contribution < -0.4 is 10.6 Å². The number of piperidine rings is 1. The van der Waals surface area contributed by atoms with Crippen molar-refractivity contribution in [3.8, 4) is 0 Å². The zero-order chi connectivity index (χ0) is 15.8. The highest BCUT2D eigenvalue weighted by molar-refractivity contribution is 14.0. The predicted molar refractivity (Wildman–Crippen MR) is 102 cm³/mol. The number of carbonyl (C=O) groups excluding carboxylic acids is 1. The van der Waals surface area contributed by atoms with Crippen LogP contribution in [0.5, 0.6) is 0 Å². The van der Waals surface area contributed by atoms with Gasteiger partial charge in [-0.3, -0.25) is 4.79 Å². The number of likely N-dealkylation sites (tertiary alicyclic amines) is 1. The van der Waals surface area contributed by atoms with Crippen LogP contribution in [-0.4, -0.2) is 42.9 Å². The molecule has 2 heterocycles. The van der Waals surface area contributed by atoms with Crippen LogP contribution in [0.1, 0.15) is 32.4 Å². The molecule has 0 bridgehead atoms. The molecule has 0 atom stereocenters. The average Bonchev–Trinajstić information content (AvgIpc) is 3.04. The zero-order valence-corrected chi connectivity index (χ0v) is 16.2. The second kappa shape index (κ2) is 10.5. The molecule has 1 amide bonds. The monoisotopic (exact) mass is 434 g/mol. The average molecular weight is 434 g/mol. The van der Waals surface area contributed by atoms with E-state index in [-0.39, 0.29) is 36.4 Å². The first-order chi connectivity index (χ1) is 10.7. The summed E-state index contributed by atoms with van der Waals surface area (Å²) in [4.78, 5) is 18.6. The Labute approximate surface area is 155 Å². The van der Waals surface area contributed by atoms with Crippen molar-refractivity contribution in [2.75, 3.05) is 26.2 Å². The zero-order valence-electron chi connectivity index (χ0n) is 13.9. The van der Waals surface area contributed by atoms with Crippen LogP contribution in [-0.2, 0) is 11.3 Å². The van der Waals surface area contributed by atoms with Crippen LogP contribution in [0.3, 0.4) is 0 Å². The quantitative estimate of drug-likeness (QED) is 0.424. The number of carbonyl (C=O) groups is 1.